The quantitative estimate of drug-likeness (QED) is 0.105. The molecule has 0 radical (unpaired) electrons. The first-order chi connectivity index (χ1) is 22.1. The predicted octanol–water partition coefficient (Wildman–Crippen LogP) is 5.66. The molecule has 0 fully saturated rings. The van der Waals surface area contributed by atoms with Crippen molar-refractivity contribution in [1.29, 1.82) is 0 Å². The summed E-state index contributed by atoms with van der Waals surface area (Å²) in [6, 6.07) is 24.8. The van der Waals surface area contributed by atoms with Gasteiger partial charge in [-0.25, -0.2) is 14.4 Å². The fourth-order valence-corrected chi connectivity index (χ4v) is 4.83. The van der Waals surface area contributed by atoms with E-state index in [2.05, 4.69) is 0 Å². The van der Waals surface area contributed by atoms with Gasteiger partial charge in [0.25, 0.3) is 6.47 Å². The van der Waals surface area contributed by atoms with Crippen molar-refractivity contribution >= 4 is 35.8 Å². The Morgan fingerprint density at radius 2 is 1.04 bits per heavy atom. The third-order valence-electron chi connectivity index (χ3n) is 7.19. The Hall–Kier alpha value is -5.64. The van der Waals surface area contributed by atoms with E-state index in [1.807, 2.05) is 60.7 Å². The van der Waals surface area contributed by atoms with E-state index in [1.54, 1.807) is 62.3 Å². The number of rotatable bonds is 13. The average Bonchev–Trinajstić information content (AvgIpc) is 3.08. The number of anilines is 2. The van der Waals surface area contributed by atoms with E-state index in [0.717, 1.165) is 11.1 Å². The molecule has 0 N–H and O–H groups in total. The van der Waals surface area contributed by atoms with Crippen molar-refractivity contribution in [2.24, 2.45) is 0 Å². The lowest BCUT2D eigenvalue weighted by molar-refractivity contribution is -0.129. The van der Waals surface area contributed by atoms with Gasteiger partial charge in [-0.2, -0.15) is 0 Å². The van der Waals surface area contributed by atoms with Crippen LogP contribution >= 0.6 is 0 Å². The molecule has 0 aliphatic heterocycles. The molecule has 0 aliphatic carbocycles. The lowest BCUT2D eigenvalue weighted by atomic mass is 9.86. The summed E-state index contributed by atoms with van der Waals surface area (Å²) in [5.41, 5.74) is 3.29. The van der Waals surface area contributed by atoms with Crippen LogP contribution in [0.5, 0.6) is 0 Å². The van der Waals surface area contributed by atoms with Crippen molar-refractivity contribution in [3.8, 4) is 11.1 Å². The topological polar surface area (TPSA) is 112 Å². The monoisotopic (exact) mass is 624 g/mol. The number of benzene rings is 4. The second kappa shape index (κ2) is 15.4. The van der Waals surface area contributed by atoms with Crippen LogP contribution in [-0.2, 0) is 43.6 Å². The van der Waals surface area contributed by atoms with Crippen LogP contribution in [0.4, 0.5) is 11.4 Å². The van der Waals surface area contributed by atoms with Crippen molar-refractivity contribution < 1.29 is 38.1 Å². The minimum Gasteiger partial charge on any atom is -0.465 e. The second-order valence-corrected chi connectivity index (χ2v) is 10.8. The van der Waals surface area contributed by atoms with Gasteiger partial charge >= 0.3 is 17.9 Å². The number of esters is 3. The number of ether oxygens (including phenoxy) is 4. The lowest BCUT2D eigenvalue weighted by Crippen LogP contribution is -2.19. The van der Waals surface area contributed by atoms with Crippen LogP contribution in [0.1, 0.15) is 47.8 Å². The summed E-state index contributed by atoms with van der Waals surface area (Å²) in [4.78, 5) is 56.2. The maximum Gasteiger partial charge on any atom is 0.339 e. The zero-order valence-corrected chi connectivity index (χ0v) is 26.4. The van der Waals surface area contributed by atoms with Crippen LogP contribution in [0.25, 0.3) is 11.1 Å². The van der Waals surface area contributed by atoms with Gasteiger partial charge in [0.15, 0.2) is 0 Å². The van der Waals surface area contributed by atoms with Crippen molar-refractivity contribution in [1.82, 2.24) is 0 Å². The number of hydrogen-bond acceptors (Lipinski definition) is 10. The number of carbonyl (C=O) groups excluding carboxylic acids is 4. The van der Waals surface area contributed by atoms with Crippen molar-refractivity contribution in [3.63, 3.8) is 0 Å². The van der Waals surface area contributed by atoms with E-state index in [0.29, 0.717) is 16.9 Å². The van der Waals surface area contributed by atoms with Gasteiger partial charge in [0.2, 0.25) is 0 Å². The van der Waals surface area contributed by atoms with Crippen LogP contribution in [0.15, 0.2) is 84.9 Å². The SMILES string of the molecule is COC(=O)c1cc(N(C)C)cc(C(=O)OCc2ccccc2)c1-c1c(COC=O)cc(N(C)C)cc1C(=O)OCc1ccccc1. The third kappa shape index (κ3) is 7.89. The summed E-state index contributed by atoms with van der Waals surface area (Å²) in [7, 11) is 8.32. The van der Waals surface area contributed by atoms with E-state index in [9.17, 15) is 19.2 Å². The highest BCUT2D eigenvalue weighted by Gasteiger charge is 2.30. The summed E-state index contributed by atoms with van der Waals surface area (Å²) < 4.78 is 21.9. The number of nitrogens with zero attached hydrogens (tertiary/aromatic N) is 2. The van der Waals surface area contributed by atoms with Crippen molar-refractivity contribution in [2.45, 2.75) is 19.8 Å². The lowest BCUT2D eigenvalue weighted by Gasteiger charge is -2.24. The van der Waals surface area contributed by atoms with Gasteiger partial charge in [-0.1, -0.05) is 60.7 Å². The molecule has 10 heteroatoms. The largest absolute Gasteiger partial charge is 0.465 e. The molecule has 0 saturated heterocycles. The highest BCUT2D eigenvalue weighted by Crippen LogP contribution is 2.40. The van der Waals surface area contributed by atoms with E-state index in [4.69, 9.17) is 18.9 Å². The second-order valence-electron chi connectivity index (χ2n) is 10.8. The van der Waals surface area contributed by atoms with Gasteiger partial charge < -0.3 is 28.7 Å². The molecule has 0 amide bonds. The van der Waals surface area contributed by atoms with Gasteiger partial charge in [0.1, 0.15) is 19.8 Å². The number of hydrogen-bond donors (Lipinski definition) is 0. The Labute approximate surface area is 268 Å². The fourth-order valence-electron chi connectivity index (χ4n) is 4.83. The van der Waals surface area contributed by atoms with Crippen LogP contribution < -0.4 is 9.80 Å². The maximum absolute atomic E-state index is 13.9. The number of carbonyl (C=O) groups is 4. The van der Waals surface area contributed by atoms with Gasteiger partial charge in [-0.3, -0.25) is 4.79 Å². The molecule has 0 heterocycles. The number of methoxy groups -OCH3 is 1. The van der Waals surface area contributed by atoms with Crippen molar-refractivity contribution in [3.05, 3.63) is 118 Å². The van der Waals surface area contributed by atoms with Gasteiger partial charge in [-0.05, 0) is 35.4 Å². The molecule has 0 saturated carbocycles. The molecular formula is C36H36N2O8. The third-order valence-corrected chi connectivity index (χ3v) is 7.19. The zero-order chi connectivity index (χ0) is 33.2. The molecule has 4 aromatic rings. The van der Waals surface area contributed by atoms with Gasteiger partial charge in [0.05, 0.1) is 23.8 Å². The minimum atomic E-state index is -0.752. The zero-order valence-electron chi connectivity index (χ0n) is 26.4. The Kier molecular flexibility index (Phi) is 11.1. The minimum absolute atomic E-state index is 0.00225. The molecule has 0 aromatic heterocycles. The average molecular weight is 625 g/mol. The molecule has 4 aromatic carbocycles. The first-order valence-electron chi connectivity index (χ1n) is 14.4. The molecule has 238 valence electrons. The summed E-state index contributed by atoms with van der Waals surface area (Å²) in [6.45, 7) is -0.0503. The Balaban J connectivity index is 2.00. The van der Waals surface area contributed by atoms with Crippen LogP contribution in [0.2, 0.25) is 0 Å². The fraction of sp³-hybridized carbons (Fsp3) is 0.222. The van der Waals surface area contributed by atoms with E-state index in [1.165, 1.54) is 7.11 Å². The Morgan fingerprint density at radius 3 is 1.48 bits per heavy atom. The highest BCUT2D eigenvalue weighted by atomic mass is 16.5. The first-order valence-corrected chi connectivity index (χ1v) is 14.4. The molecule has 4 rings (SSSR count). The molecule has 0 unspecified atom stereocenters. The molecule has 0 atom stereocenters. The summed E-state index contributed by atoms with van der Waals surface area (Å²) in [5, 5.41) is 0. The molecule has 46 heavy (non-hydrogen) atoms. The van der Waals surface area contributed by atoms with Gasteiger partial charge in [-0.15, -0.1) is 0 Å². The molecule has 0 bridgehead atoms. The molecule has 0 spiro atoms. The molecular weight excluding hydrogens is 588 g/mol. The maximum atomic E-state index is 13.9. The van der Waals surface area contributed by atoms with Crippen LogP contribution in [0, 0.1) is 0 Å². The first kappa shape index (κ1) is 33.3. The summed E-state index contributed by atoms with van der Waals surface area (Å²) in [6.07, 6.45) is 0. The Bertz CT molecular complexity index is 1700. The molecule has 0 aliphatic rings. The van der Waals surface area contributed by atoms with Crippen LogP contribution in [-0.4, -0.2) is 59.7 Å². The summed E-state index contributed by atoms with van der Waals surface area (Å²) >= 11 is 0. The predicted molar refractivity (Wildman–Crippen MR) is 174 cm³/mol. The van der Waals surface area contributed by atoms with E-state index in [-0.39, 0.29) is 54.1 Å². The van der Waals surface area contributed by atoms with E-state index >= 15 is 0 Å². The summed E-state index contributed by atoms with van der Waals surface area (Å²) in [5.74, 6) is -2.21. The van der Waals surface area contributed by atoms with Crippen LogP contribution in [0.3, 0.4) is 0 Å². The van der Waals surface area contributed by atoms with Gasteiger partial charge in [0, 0.05) is 56.3 Å². The Morgan fingerprint density at radius 1 is 0.609 bits per heavy atom. The highest BCUT2D eigenvalue weighted by molar-refractivity contribution is 6.11. The van der Waals surface area contributed by atoms with Crippen molar-refractivity contribution in [2.75, 3.05) is 45.1 Å². The smallest absolute Gasteiger partial charge is 0.339 e. The standard InChI is InChI=1S/C36H36N2O8/c1-37(2)27-16-26(22-44-23-39)32(29(17-27)35(41)45-20-24-12-8-6-9-13-24)33-30(34(40)43-5)18-28(38(3)4)19-31(33)36(42)46-21-25-14-10-7-11-15-25/h6-19,23H,20-22H2,1-5H3. The van der Waals surface area contributed by atoms with E-state index < -0.39 is 17.9 Å². The normalized spacial score (nSPS) is 10.5. The molecule has 10 nitrogen and oxygen atoms in total.